The van der Waals surface area contributed by atoms with Gasteiger partial charge in [-0.1, -0.05) is 60.8 Å². The Labute approximate surface area is 239 Å². The van der Waals surface area contributed by atoms with Gasteiger partial charge in [0.05, 0.1) is 12.6 Å². The molecule has 40 heavy (non-hydrogen) atoms. The molecule has 11 heteroatoms. The number of carbonyl (C=O) groups excluding carboxylic acids is 5. The van der Waals surface area contributed by atoms with Crippen molar-refractivity contribution in [3.8, 4) is 0 Å². The predicted octanol–water partition coefficient (Wildman–Crippen LogP) is 1.92. The zero-order chi connectivity index (χ0) is 30.4. The molecule has 0 saturated heterocycles. The van der Waals surface area contributed by atoms with Crippen molar-refractivity contribution in [1.82, 2.24) is 21.3 Å². The van der Waals surface area contributed by atoms with Gasteiger partial charge in [0.2, 0.25) is 23.6 Å². The number of rotatable bonds is 16. The third kappa shape index (κ3) is 13.6. The Morgan fingerprint density at radius 3 is 1.88 bits per heavy atom. The first-order valence-electron chi connectivity index (χ1n) is 14.8. The molecule has 0 aromatic rings. The maximum Gasteiger partial charge on any atom is 0.305 e. The van der Waals surface area contributed by atoms with Crippen molar-refractivity contribution in [2.75, 3.05) is 6.61 Å². The average Bonchev–Trinajstić information content (AvgIpc) is 2.88. The lowest BCUT2D eigenvalue weighted by molar-refractivity contribution is -0.145. The number of carbonyl (C=O) groups is 5. The predicted molar refractivity (Wildman–Crippen MR) is 154 cm³/mol. The Balaban J connectivity index is 2.92. The minimum Gasteiger partial charge on any atom is -0.465 e. The van der Waals surface area contributed by atoms with Crippen LogP contribution < -0.4 is 27.0 Å². The molecule has 4 atom stereocenters. The SMILES string of the molecule is CC(C)COC(=O)CCC(NC(=O)C(N)C(C)C)C(=O)NC(CC(C)C)C(=O)NC(C)C(=O)NC1CCCCC1. The molecule has 1 saturated carbocycles. The first kappa shape index (κ1) is 35.3. The fraction of sp³-hybridized carbons (Fsp3) is 0.828. The summed E-state index contributed by atoms with van der Waals surface area (Å²) in [4.78, 5) is 64.1. The Morgan fingerprint density at radius 2 is 1.32 bits per heavy atom. The lowest BCUT2D eigenvalue weighted by atomic mass is 9.95. The molecular formula is C29H53N5O6. The molecule has 230 valence electrons. The minimum absolute atomic E-state index is 0.0183. The number of amides is 4. The third-order valence-electron chi connectivity index (χ3n) is 6.91. The normalized spacial score (nSPS) is 17.1. The van der Waals surface area contributed by atoms with Gasteiger partial charge in [0, 0.05) is 12.5 Å². The van der Waals surface area contributed by atoms with Gasteiger partial charge in [-0.2, -0.15) is 0 Å². The van der Waals surface area contributed by atoms with Crippen molar-refractivity contribution in [3.05, 3.63) is 0 Å². The molecule has 1 aliphatic carbocycles. The number of nitrogens with two attached hydrogens (primary N) is 1. The summed E-state index contributed by atoms with van der Waals surface area (Å²) >= 11 is 0. The van der Waals surface area contributed by atoms with Gasteiger partial charge < -0.3 is 31.7 Å². The quantitative estimate of drug-likeness (QED) is 0.177. The van der Waals surface area contributed by atoms with Gasteiger partial charge in [-0.05, 0) is 50.4 Å². The van der Waals surface area contributed by atoms with Crippen LogP contribution in [0.15, 0.2) is 0 Å². The summed E-state index contributed by atoms with van der Waals surface area (Å²) in [5, 5.41) is 11.1. The fourth-order valence-corrected chi connectivity index (χ4v) is 4.36. The van der Waals surface area contributed by atoms with Crippen LogP contribution in [0.4, 0.5) is 0 Å². The molecule has 4 amide bonds. The summed E-state index contributed by atoms with van der Waals surface area (Å²) in [5.41, 5.74) is 5.97. The number of ether oxygens (including phenoxy) is 1. The van der Waals surface area contributed by atoms with E-state index in [-0.39, 0.29) is 49.2 Å². The second-order valence-electron chi connectivity index (χ2n) is 12.2. The molecule has 4 unspecified atom stereocenters. The highest BCUT2D eigenvalue weighted by Gasteiger charge is 2.31. The molecule has 0 spiro atoms. The molecule has 1 rings (SSSR count). The smallest absolute Gasteiger partial charge is 0.305 e. The van der Waals surface area contributed by atoms with Crippen molar-refractivity contribution in [1.29, 1.82) is 0 Å². The van der Waals surface area contributed by atoms with E-state index in [4.69, 9.17) is 10.5 Å². The van der Waals surface area contributed by atoms with Crippen LogP contribution in [-0.4, -0.2) is 66.4 Å². The zero-order valence-electron chi connectivity index (χ0n) is 25.5. The van der Waals surface area contributed by atoms with Crippen LogP contribution in [0.5, 0.6) is 0 Å². The Bertz CT molecular complexity index is 841. The van der Waals surface area contributed by atoms with E-state index in [2.05, 4.69) is 21.3 Å². The lowest BCUT2D eigenvalue weighted by Crippen LogP contribution is -2.58. The average molecular weight is 568 g/mol. The van der Waals surface area contributed by atoms with E-state index in [1.165, 1.54) is 6.42 Å². The molecule has 0 aliphatic heterocycles. The van der Waals surface area contributed by atoms with Crippen molar-refractivity contribution >= 4 is 29.6 Å². The van der Waals surface area contributed by atoms with Crippen LogP contribution in [0.3, 0.4) is 0 Å². The molecule has 0 aromatic carbocycles. The van der Waals surface area contributed by atoms with E-state index in [0.29, 0.717) is 6.42 Å². The summed E-state index contributed by atoms with van der Waals surface area (Å²) in [6, 6.07) is -3.56. The summed E-state index contributed by atoms with van der Waals surface area (Å²) < 4.78 is 5.21. The monoisotopic (exact) mass is 567 g/mol. The zero-order valence-corrected chi connectivity index (χ0v) is 25.5. The highest BCUT2D eigenvalue weighted by atomic mass is 16.5. The van der Waals surface area contributed by atoms with Gasteiger partial charge in [-0.15, -0.1) is 0 Å². The van der Waals surface area contributed by atoms with Gasteiger partial charge in [-0.3, -0.25) is 24.0 Å². The minimum atomic E-state index is -1.10. The van der Waals surface area contributed by atoms with Crippen molar-refractivity contribution < 1.29 is 28.7 Å². The van der Waals surface area contributed by atoms with Crippen molar-refractivity contribution in [2.24, 2.45) is 23.5 Å². The lowest BCUT2D eigenvalue weighted by Gasteiger charge is -2.27. The maximum absolute atomic E-state index is 13.4. The van der Waals surface area contributed by atoms with E-state index in [9.17, 15) is 24.0 Å². The van der Waals surface area contributed by atoms with Crippen LogP contribution >= 0.6 is 0 Å². The van der Waals surface area contributed by atoms with E-state index < -0.39 is 47.9 Å². The second kappa shape index (κ2) is 17.9. The molecule has 0 aromatic heterocycles. The molecule has 6 N–H and O–H groups in total. The largest absolute Gasteiger partial charge is 0.465 e. The number of hydrogen-bond acceptors (Lipinski definition) is 7. The topological polar surface area (TPSA) is 169 Å². The molecular weight excluding hydrogens is 514 g/mol. The van der Waals surface area contributed by atoms with E-state index >= 15 is 0 Å². The van der Waals surface area contributed by atoms with Crippen LogP contribution in [0.2, 0.25) is 0 Å². The Hall–Kier alpha value is -2.69. The molecule has 0 bridgehead atoms. The molecule has 1 fully saturated rings. The standard InChI is InChI=1S/C29H53N5O6/c1-17(2)15-23(28(38)31-20(7)26(36)32-21-11-9-8-10-12-21)34-27(37)22(33-29(39)25(30)19(5)6)13-14-24(35)40-16-18(3)4/h17-23,25H,8-16,30H2,1-7H3,(H,31,38)(H,32,36)(H,33,39)(H,34,37). The highest BCUT2D eigenvalue weighted by Crippen LogP contribution is 2.17. The van der Waals surface area contributed by atoms with Crippen LogP contribution in [0.1, 0.15) is 99.8 Å². The number of nitrogens with one attached hydrogen (secondary N) is 4. The molecule has 11 nitrogen and oxygen atoms in total. The Morgan fingerprint density at radius 1 is 0.750 bits per heavy atom. The summed E-state index contributed by atoms with van der Waals surface area (Å²) in [7, 11) is 0. The highest BCUT2D eigenvalue weighted by molar-refractivity contribution is 5.95. The van der Waals surface area contributed by atoms with Gasteiger partial charge in [0.1, 0.15) is 18.1 Å². The second-order valence-corrected chi connectivity index (χ2v) is 12.2. The van der Waals surface area contributed by atoms with Gasteiger partial charge in [0.25, 0.3) is 0 Å². The van der Waals surface area contributed by atoms with Crippen LogP contribution in [-0.2, 0) is 28.7 Å². The Kier molecular flexibility index (Phi) is 15.8. The third-order valence-corrected chi connectivity index (χ3v) is 6.91. The molecule has 0 heterocycles. The summed E-state index contributed by atoms with van der Waals surface area (Å²) in [5.74, 6) is -2.32. The summed E-state index contributed by atoms with van der Waals surface area (Å²) in [6.07, 6.45) is 5.37. The van der Waals surface area contributed by atoms with Gasteiger partial charge in [0.15, 0.2) is 0 Å². The van der Waals surface area contributed by atoms with Crippen molar-refractivity contribution in [2.45, 2.75) is 130 Å². The van der Waals surface area contributed by atoms with E-state index in [0.717, 1.165) is 25.7 Å². The maximum atomic E-state index is 13.4. The van der Waals surface area contributed by atoms with Gasteiger partial charge in [-0.25, -0.2) is 0 Å². The van der Waals surface area contributed by atoms with E-state index in [1.54, 1.807) is 20.8 Å². The number of esters is 1. The number of hydrogen-bond donors (Lipinski definition) is 5. The first-order chi connectivity index (χ1) is 18.7. The van der Waals surface area contributed by atoms with Gasteiger partial charge >= 0.3 is 5.97 Å². The first-order valence-corrected chi connectivity index (χ1v) is 14.8. The molecule has 1 aliphatic rings. The fourth-order valence-electron chi connectivity index (χ4n) is 4.36. The van der Waals surface area contributed by atoms with Crippen LogP contribution in [0.25, 0.3) is 0 Å². The summed E-state index contributed by atoms with van der Waals surface area (Å²) in [6.45, 7) is 13.1. The van der Waals surface area contributed by atoms with Crippen molar-refractivity contribution in [3.63, 3.8) is 0 Å². The van der Waals surface area contributed by atoms with E-state index in [1.807, 2.05) is 27.7 Å². The molecule has 0 radical (unpaired) electrons. The van der Waals surface area contributed by atoms with Crippen LogP contribution in [0, 0.1) is 17.8 Å².